The lowest BCUT2D eigenvalue weighted by Crippen LogP contribution is -2.13. The molecule has 4 rings (SSSR count). The predicted molar refractivity (Wildman–Crippen MR) is 103 cm³/mol. The molecule has 160 valence electrons. The Morgan fingerprint density at radius 2 is 1.32 bits per heavy atom. The summed E-state index contributed by atoms with van der Waals surface area (Å²) in [5.41, 5.74) is -1.44. The van der Waals surface area contributed by atoms with E-state index >= 15 is 0 Å². The molecule has 1 amide bonds. The third-order valence-electron chi connectivity index (χ3n) is 5.13. The molecular weight excluding hydrogens is 419 g/mol. The molecule has 2 heterocycles. The predicted octanol–water partition coefficient (Wildman–Crippen LogP) is 5.37. The molecule has 3 aromatic rings. The molecule has 0 atom stereocenters. The number of carbonyl (C=O) groups excluding carboxylic acids is 1. The maximum Gasteiger partial charge on any atom is 0.280 e. The molecule has 4 nitrogen and oxygen atoms in total. The Balaban J connectivity index is 1.89. The second-order valence-corrected chi connectivity index (χ2v) is 8.14. The van der Waals surface area contributed by atoms with Crippen LogP contribution >= 0.6 is 0 Å². The number of nitrogens with one attached hydrogen (secondary N) is 1. The van der Waals surface area contributed by atoms with E-state index in [4.69, 9.17) is 0 Å². The van der Waals surface area contributed by atoms with Gasteiger partial charge >= 0.3 is 0 Å². The Labute approximate surface area is 173 Å². The van der Waals surface area contributed by atoms with Crippen LogP contribution in [0.3, 0.4) is 0 Å². The number of fused-ring (bicyclic) bond motifs is 1. The number of amides is 1. The van der Waals surface area contributed by atoms with Gasteiger partial charge in [0.2, 0.25) is 5.82 Å². The van der Waals surface area contributed by atoms with E-state index in [1.807, 2.05) is 32.9 Å². The van der Waals surface area contributed by atoms with Crippen LogP contribution < -0.4 is 0 Å². The number of carbonyl (C=O) groups is 1. The Morgan fingerprint density at radius 3 is 1.84 bits per heavy atom. The highest BCUT2D eigenvalue weighted by molar-refractivity contribution is 6.30. The van der Waals surface area contributed by atoms with Crippen LogP contribution in [0.4, 0.5) is 22.0 Å². The number of aromatic amines is 1. The summed E-state index contributed by atoms with van der Waals surface area (Å²) in [7, 11) is 0. The van der Waals surface area contributed by atoms with Gasteiger partial charge in [0.15, 0.2) is 29.1 Å². The number of halogens is 5. The summed E-state index contributed by atoms with van der Waals surface area (Å²) in [6.45, 7) is 6.02. The van der Waals surface area contributed by atoms with Gasteiger partial charge < -0.3 is 10.1 Å². The first-order valence-electron chi connectivity index (χ1n) is 9.14. The molecule has 0 aliphatic carbocycles. The highest BCUT2D eigenvalue weighted by Crippen LogP contribution is 2.40. The molecule has 1 aliphatic rings. The number of nitrogens with zero attached hydrogens (tertiary/aromatic N) is 1. The van der Waals surface area contributed by atoms with Gasteiger partial charge in [0.05, 0.1) is 28.1 Å². The standard InChI is InChI=1S/C22H15F5N2O2/c1-22(2,3)9-6-4-8(5-7-9)18-10-11(21(31)28-18)19(29-20(10)30)12-13(23)15(25)17(27)16(26)14(12)24/h4-7,28,31H,1-3H3. The number of aromatic hydroxyl groups is 1. The summed E-state index contributed by atoms with van der Waals surface area (Å²) < 4.78 is 69.3. The van der Waals surface area contributed by atoms with Gasteiger partial charge in [0.25, 0.3) is 5.91 Å². The molecule has 0 saturated carbocycles. The van der Waals surface area contributed by atoms with Crippen LogP contribution in [0, 0.1) is 29.1 Å². The van der Waals surface area contributed by atoms with Crippen molar-refractivity contribution in [3.8, 4) is 17.1 Å². The first kappa shape index (κ1) is 20.8. The zero-order valence-electron chi connectivity index (χ0n) is 16.5. The molecule has 0 spiro atoms. The Bertz CT molecular complexity index is 1260. The largest absolute Gasteiger partial charge is 0.494 e. The highest BCUT2D eigenvalue weighted by atomic mass is 19.2. The van der Waals surface area contributed by atoms with Crippen molar-refractivity contribution < 1.29 is 31.9 Å². The van der Waals surface area contributed by atoms with Gasteiger partial charge in [-0.05, 0) is 16.5 Å². The number of rotatable bonds is 2. The molecule has 1 aromatic heterocycles. The van der Waals surface area contributed by atoms with Gasteiger partial charge in [-0.1, -0.05) is 45.0 Å². The molecular formula is C22H15F5N2O2. The first-order valence-corrected chi connectivity index (χ1v) is 9.14. The second kappa shape index (κ2) is 6.76. The van der Waals surface area contributed by atoms with Crippen molar-refractivity contribution >= 4 is 11.6 Å². The lowest BCUT2D eigenvalue weighted by atomic mass is 9.86. The molecule has 2 N–H and O–H groups in total. The molecule has 0 unspecified atom stereocenters. The monoisotopic (exact) mass is 434 g/mol. The molecule has 9 heteroatoms. The average Bonchev–Trinajstić information content (AvgIpc) is 3.23. The van der Waals surface area contributed by atoms with Crippen LogP contribution in [-0.2, 0) is 5.41 Å². The lowest BCUT2D eigenvalue weighted by molar-refractivity contribution is 0.101. The van der Waals surface area contributed by atoms with Crippen molar-refractivity contribution in [2.75, 3.05) is 0 Å². The molecule has 0 fully saturated rings. The van der Waals surface area contributed by atoms with Gasteiger partial charge in [-0.15, -0.1) is 0 Å². The Hall–Kier alpha value is -3.49. The van der Waals surface area contributed by atoms with E-state index in [9.17, 15) is 31.9 Å². The van der Waals surface area contributed by atoms with E-state index < -0.39 is 57.7 Å². The fourth-order valence-corrected chi connectivity index (χ4v) is 3.49. The summed E-state index contributed by atoms with van der Waals surface area (Å²) in [6, 6.07) is 6.97. The number of aliphatic imine (C=N–C) groups is 1. The highest BCUT2D eigenvalue weighted by Gasteiger charge is 2.38. The van der Waals surface area contributed by atoms with Crippen molar-refractivity contribution in [3.63, 3.8) is 0 Å². The Kier molecular flexibility index (Phi) is 4.53. The number of aromatic nitrogens is 1. The number of hydrogen-bond donors (Lipinski definition) is 2. The normalized spacial score (nSPS) is 13.5. The third kappa shape index (κ3) is 3.03. The fourth-order valence-electron chi connectivity index (χ4n) is 3.49. The quantitative estimate of drug-likeness (QED) is 0.324. The minimum atomic E-state index is -2.33. The molecule has 31 heavy (non-hydrogen) atoms. The van der Waals surface area contributed by atoms with Crippen molar-refractivity contribution in [3.05, 3.63) is 75.6 Å². The van der Waals surface area contributed by atoms with E-state index in [-0.39, 0.29) is 16.7 Å². The van der Waals surface area contributed by atoms with E-state index in [1.54, 1.807) is 12.1 Å². The first-order chi connectivity index (χ1) is 14.4. The average molecular weight is 434 g/mol. The zero-order chi connectivity index (χ0) is 22.8. The van der Waals surface area contributed by atoms with Gasteiger partial charge in [-0.3, -0.25) is 4.79 Å². The number of benzene rings is 2. The van der Waals surface area contributed by atoms with Crippen LogP contribution in [-0.4, -0.2) is 21.7 Å². The van der Waals surface area contributed by atoms with E-state index in [0.717, 1.165) is 5.56 Å². The summed E-state index contributed by atoms with van der Waals surface area (Å²) in [5.74, 6) is -12.6. The van der Waals surface area contributed by atoms with Gasteiger partial charge in [0.1, 0.15) is 0 Å². The SMILES string of the molecule is CC(C)(C)c1ccc(-c2[nH]c(O)c3c2C(=O)N=C3c2c(F)c(F)c(F)c(F)c2F)cc1. The summed E-state index contributed by atoms with van der Waals surface area (Å²) in [5, 5.41) is 10.3. The molecule has 0 saturated heterocycles. The smallest absolute Gasteiger partial charge is 0.280 e. The van der Waals surface area contributed by atoms with Crippen molar-refractivity contribution in [2.45, 2.75) is 26.2 Å². The van der Waals surface area contributed by atoms with Crippen LogP contribution in [0.1, 0.15) is 47.8 Å². The summed E-state index contributed by atoms with van der Waals surface area (Å²) >= 11 is 0. The van der Waals surface area contributed by atoms with Gasteiger partial charge in [-0.25, -0.2) is 26.9 Å². The lowest BCUT2D eigenvalue weighted by Gasteiger charge is -2.19. The molecule has 2 aromatic carbocycles. The van der Waals surface area contributed by atoms with Crippen LogP contribution in [0.25, 0.3) is 11.3 Å². The van der Waals surface area contributed by atoms with Crippen LogP contribution in [0.5, 0.6) is 5.88 Å². The molecule has 1 aliphatic heterocycles. The van der Waals surface area contributed by atoms with Crippen molar-refractivity contribution in [1.82, 2.24) is 4.98 Å². The van der Waals surface area contributed by atoms with E-state index in [0.29, 0.717) is 5.56 Å². The molecule has 0 radical (unpaired) electrons. The summed E-state index contributed by atoms with van der Waals surface area (Å²) in [6.07, 6.45) is 0. The maximum atomic E-state index is 14.3. The number of H-pyrrole nitrogens is 1. The second-order valence-electron chi connectivity index (χ2n) is 8.14. The minimum Gasteiger partial charge on any atom is -0.494 e. The summed E-state index contributed by atoms with van der Waals surface area (Å²) in [4.78, 5) is 18.5. The van der Waals surface area contributed by atoms with Crippen LogP contribution in [0.2, 0.25) is 0 Å². The molecule has 0 bridgehead atoms. The van der Waals surface area contributed by atoms with Crippen molar-refractivity contribution in [1.29, 1.82) is 0 Å². The van der Waals surface area contributed by atoms with Crippen LogP contribution in [0.15, 0.2) is 29.3 Å². The maximum absolute atomic E-state index is 14.3. The van der Waals surface area contributed by atoms with Gasteiger partial charge in [-0.2, -0.15) is 0 Å². The van der Waals surface area contributed by atoms with E-state index in [1.165, 1.54) is 0 Å². The minimum absolute atomic E-state index is 0.112. The topological polar surface area (TPSA) is 65.4 Å². The van der Waals surface area contributed by atoms with Crippen molar-refractivity contribution in [2.24, 2.45) is 4.99 Å². The number of hydrogen-bond acceptors (Lipinski definition) is 2. The van der Waals surface area contributed by atoms with Gasteiger partial charge in [0, 0.05) is 0 Å². The Morgan fingerprint density at radius 1 is 0.806 bits per heavy atom. The zero-order valence-corrected chi connectivity index (χ0v) is 16.5. The fraction of sp³-hybridized carbons (Fsp3) is 0.182. The third-order valence-corrected chi connectivity index (χ3v) is 5.13. The van der Waals surface area contributed by atoms with E-state index in [2.05, 4.69) is 9.98 Å².